The average Bonchev–Trinajstić information content (AvgIpc) is 2.41. The van der Waals surface area contributed by atoms with Crippen molar-refractivity contribution in [3.05, 3.63) is 46.4 Å². The van der Waals surface area contributed by atoms with Crippen molar-refractivity contribution in [2.75, 3.05) is 7.11 Å². The van der Waals surface area contributed by atoms with E-state index in [2.05, 4.69) is 9.97 Å². The monoisotopic (exact) mass is 260 g/mol. The van der Waals surface area contributed by atoms with Crippen molar-refractivity contribution in [3.8, 4) is 17.1 Å². The van der Waals surface area contributed by atoms with E-state index in [1.807, 2.05) is 0 Å². The Hall–Kier alpha value is -2.63. The second-order valence-corrected chi connectivity index (χ2v) is 3.89. The first kappa shape index (κ1) is 12.8. The summed E-state index contributed by atoms with van der Waals surface area (Å²) in [5.74, 6) is 0.0277. The number of aromatic amines is 1. The third-order valence-electron chi connectivity index (χ3n) is 2.58. The Balaban J connectivity index is 2.33. The van der Waals surface area contributed by atoms with Gasteiger partial charge in [0.2, 0.25) is 0 Å². The molecule has 0 fully saturated rings. The van der Waals surface area contributed by atoms with Crippen LogP contribution in [0.25, 0.3) is 11.4 Å². The summed E-state index contributed by atoms with van der Waals surface area (Å²) < 4.78 is 5.03. The molecule has 0 atom stereocenters. The molecule has 6 nitrogen and oxygen atoms in total. The highest BCUT2D eigenvalue weighted by Crippen LogP contribution is 2.18. The van der Waals surface area contributed by atoms with Gasteiger partial charge in [-0.1, -0.05) is 0 Å². The number of rotatable bonds is 4. The van der Waals surface area contributed by atoms with Crippen molar-refractivity contribution < 1.29 is 14.6 Å². The highest BCUT2D eigenvalue weighted by atomic mass is 16.5. The lowest BCUT2D eigenvalue weighted by Crippen LogP contribution is -2.17. The quantitative estimate of drug-likeness (QED) is 0.857. The SMILES string of the molecule is COc1ccc(-c2ncc(CC(=O)O)c(=O)[nH]2)cc1. The molecule has 0 aliphatic carbocycles. The fraction of sp³-hybridized carbons (Fsp3) is 0.154. The summed E-state index contributed by atoms with van der Waals surface area (Å²) in [5.41, 5.74) is 0.410. The molecule has 0 aliphatic heterocycles. The summed E-state index contributed by atoms with van der Waals surface area (Å²) in [4.78, 5) is 28.9. The first-order valence-corrected chi connectivity index (χ1v) is 5.54. The minimum absolute atomic E-state index is 0.129. The maximum atomic E-state index is 11.7. The number of carboxylic acid groups (broad SMARTS) is 1. The molecule has 6 heteroatoms. The summed E-state index contributed by atoms with van der Waals surface area (Å²) in [5, 5.41) is 8.64. The molecule has 2 aromatic rings. The molecule has 1 aromatic heterocycles. The molecule has 19 heavy (non-hydrogen) atoms. The minimum atomic E-state index is -1.07. The number of nitrogens with one attached hydrogen (secondary N) is 1. The molecule has 2 N–H and O–H groups in total. The summed E-state index contributed by atoms with van der Waals surface area (Å²) in [6, 6.07) is 7.02. The highest BCUT2D eigenvalue weighted by Gasteiger charge is 2.08. The van der Waals surface area contributed by atoms with Gasteiger partial charge < -0.3 is 14.8 Å². The number of hydrogen-bond donors (Lipinski definition) is 2. The van der Waals surface area contributed by atoms with Crippen LogP contribution in [-0.2, 0) is 11.2 Å². The number of methoxy groups -OCH3 is 1. The van der Waals surface area contributed by atoms with Gasteiger partial charge in [-0.15, -0.1) is 0 Å². The van der Waals surface area contributed by atoms with E-state index in [0.29, 0.717) is 11.6 Å². The second-order valence-electron chi connectivity index (χ2n) is 3.89. The first-order chi connectivity index (χ1) is 9.10. The Bertz CT molecular complexity index is 646. The predicted molar refractivity (Wildman–Crippen MR) is 68.2 cm³/mol. The molecule has 0 spiro atoms. The normalized spacial score (nSPS) is 10.2. The molecule has 0 saturated heterocycles. The Kier molecular flexibility index (Phi) is 3.61. The van der Waals surface area contributed by atoms with Crippen molar-refractivity contribution in [1.82, 2.24) is 9.97 Å². The van der Waals surface area contributed by atoms with E-state index >= 15 is 0 Å². The van der Waals surface area contributed by atoms with E-state index in [-0.39, 0.29) is 12.0 Å². The van der Waals surface area contributed by atoms with Crippen molar-refractivity contribution in [2.45, 2.75) is 6.42 Å². The van der Waals surface area contributed by atoms with E-state index in [1.54, 1.807) is 31.4 Å². The number of carbonyl (C=O) groups is 1. The zero-order chi connectivity index (χ0) is 13.8. The molecule has 0 amide bonds. The van der Waals surface area contributed by atoms with Gasteiger partial charge in [-0.3, -0.25) is 9.59 Å². The number of carboxylic acids is 1. The lowest BCUT2D eigenvalue weighted by atomic mass is 10.2. The van der Waals surface area contributed by atoms with Crippen LogP contribution in [0.1, 0.15) is 5.56 Å². The maximum Gasteiger partial charge on any atom is 0.308 e. The molecular formula is C13H12N2O4. The molecule has 2 rings (SSSR count). The van der Waals surface area contributed by atoms with Gasteiger partial charge >= 0.3 is 5.97 Å². The Morgan fingerprint density at radius 2 is 2.05 bits per heavy atom. The van der Waals surface area contributed by atoms with Crippen LogP contribution in [0.2, 0.25) is 0 Å². The lowest BCUT2D eigenvalue weighted by Gasteiger charge is -2.03. The van der Waals surface area contributed by atoms with Gasteiger partial charge in [0, 0.05) is 17.3 Å². The van der Waals surface area contributed by atoms with Gasteiger partial charge in [-0.2, -0.15) is 0 Å². The average molecular weight is 260 g/mol. The third-order valence-corrected chi connectivity index (χ3v) is 2.58. The molecular weight excluding hydrogens is 248 g/mol. The summed E-state index contributed by atoms with van der Waals surface area (Å²) in [6.45, 7) is 0. The van der Waals surface area contributed by atoms with Crippen LogP contribution < -0.4 is 10.3 Å². The van der Waals surface area contributed by atoms with E-state index in [9.17, 15) is 9.59 Å². The number of ether oxygens (including phenoxy) is 1. The van der Waals surface area contributed by atoms with E-state index < -0.39 is 11.5 Å². The summed E-state index contributed by atoms with van der Waals surface area (Å²) in [7, 11) is 1.57. The number of H-pyrrole nitrogens is 1. The van der Waals surface area contributed by atoms with Crippen LogP contribution in [0.15, 0.2) is 35.3 Å². The molecule has 0 bridgehead atoms. The van der Waals surface area contributed by atoms with Crippen molar-refractivity contribution in [2.24, 2.45) is 0 Å². The molecule has 1 aromatic carbocycles. The smallest absolute Gasteiger partial charge is 0.308 e. The van der Waals surface area contributed by atoms with Crippen molar-refractivity contribution in [1.29, 1.82) is 0 Å². The number of aliphatic carboxylic acids is 1. The highest BCUT2D eigenvalue weighted by molar-refractivity contribution is 5.70. The van der Waals surface area contributed by atoms with Crippen molar-refractivity contribution in [3.63, 3.8) is 0 Å². The number of benzene rings is 1. The topological polar surface area (TPSA) is 92.3 Å². The molecule has 0 radical (unpaired) electrons. The molecule has 0 aliphatic rings. The van der Waals surface area contributed by atoms with Crippen LogP contribution in [-0.4, -0.2) is 28.2 Å². The Labute approximate surface area is 108 Å². The number of nitrogens with zero attached hydrogens (tertiary/aromatic N) is 1. The van der Waals surface area contributed by atoms with E-state index in [0.717, 1.165) is 5.56 Å². The number of hydrogen-bond acceptors (Lipinski definition) is 4. The molecule has 98 valence electrons. The molecule has 0 unspecified atom stereocenters. The fourth-order valence-corrected chi connectivity index (χ4v) is 1.61. The van der Waals surface area contributed by atoms with Gasteiger partial charge in [0.25, 0.3) is 5.56 Å². The van der Waals surface area contributed by atoms with Crippen molar-refractivity contribution >= 4 is 5.97 Å². The zero-order valence-corrected chi connectivity index (χ0v) is 10.2. The lowest BCUT2D eigenvalue weighted by molar-refractivity contribution is -0.136. The predicted octanol–water partition coefficient (Wildman–Crippen LogP) is 1.07. The van der Waals surface area contributed by atoms with Crippen LogP contribution in [0, 0.1) is 0 Å². The van der Waals surface area contributed by atoms with Crippen LogP contribution in [0.3, 0.4) is 0 Å². The number of aromatic nitrogens is 2. The zero-order valence-electron chi connectivity index (χ0n) is 10.2. The Morgan fingerprint density at radius 1 is 1.37 bits per heavy atom. The maximum absolute atomic E-state index is 11.7. The van der Waals surface area contributed by atoms with Gasteiger partial charge in [0.15, 0.2) is 0 Å². The van der Waals surface area contributed by atoms with Gasteiger partial charge in [0.1, 0.15) is 11.6 Å². The van der Waals surface area contributed by atoms with Gasteiger partial charge in [-0.25, -0.2) is 4.98 Å². The largest absolute Gasteiger partial charge is 0.497 e. The standard InChI is InChI=1S/C13H12N2O4/c1-19-10-4-2-8(3-5-10)12-14-7-9(6-11(16)17)13(18)15-12/h2-5,7H,6H2,1H3,(H,16,17)(H,14,15,18). The van der Waals surface area contributed by atoms with Crippen LogP contribution in [0.5, 0.6) is 5.75 Å². The van der Waals surface area contributed by atoms with E-state index in [1.165, 1.54) is 6.20 Å². The fourth-order valence-electron chi connectivity index (χ4n) is 1.61. The second kappa shape index (κ2) is 5.34. The summed E-state index contributed by atoms with van der Waals surface area (Å²) >= 11 is 0. The summed E-state index contributed by atoms with van der Waals surface area (Å²) in [6.07, 6.45) is 0.942. The molecule has 0 saturated carbocycles. The Morgan fingerprint density at radius 3 is 2.58 bits per heavy atom. The van der Waals surface area contributed by atoms with Gasteiger partial charge in [0.05, 0.1) is 13.5 Å². The van der Waals surface area contributed by atoms with E-state index in [4.69, 9.17) is 9.84 Å². The molecule has 1 heterocycles. The van der Waals surface area contributed by atoms with Gasteiger partial charge in [-0.05, 0) is 24.3 Å². The van der Waals surface area contributed by atoms with Crippen LogP contribution >= 0.6 is 0 Å². The first-order valence-electron chi connectivity index (χ1n) is 5.54. The van der Waals surface area contributed by atoms with Crippen LogP contribution in [0.4, 0.5) is 0 Å². The third kappa shape index (κ3) is 2.98. The minimum Gasteiger partial charge on any atom is -0.497 e.